The number of benzene rings is 1. The van der Waals surface area contributed by atoms with E-state index < -0.39 is 0 Å². The second-order valence-corrected chi connectivity index (χ2v) is 6.95. The Bertz CT molecular complexity index is 450. The van der Waals surface area contributed by atoms with Crippen LogP contribution in [0.4, 0.5) is 0 Å². The molecule has 1 aromatic rings. The molecule has 19 heavy (non-hydrogen) atoms. The van der Waals surface area contributed by atoms with Crippen LogP contribution in [0.3, 0.4) is 0 Å². The molecular weight excluding hydrogens is 256 g/mol. The summed E-state index contributed by atoms with van der Waals surface area (Å²) in [4.78, 5) is 12.2. The molecule has 0 N–H and O–H groups in total. The van der Waals surface area contributed by atoms with Crippen molar-refractivity contribution in [2.45, 2.75) is 52.9 Å². The van der Waals surface area contributed by atoms with Crippen LogP contribution in [-0.2, 0) is 0 Å². The van der Waals surface area contributed by atoms with E-state index in [1.54, 1.807) is 11.8 Å². The standard InChI is InChI=1S/C16H24O2S/c1-10(2)18-16-8-12(5)14(7-13(16)6)15(17)9-19-11(3)4/h7-8,10-11H,9H2,1-6H3. The highest BCUT2D eigenvalue weighted by atomic mass is 32.2. The first-order chi connectivity index (χ1) is 8.81. The summed E-state index contributed by atoms with van der Waals surface area (Å²) in [6.07, 6.45) is 0.149. The highest BCUT2D eigenvalue weighted by Gasteiger charge is 2.13. The first-order valence-electron chi connectivity index (χ1n) is 6.74. The topological polar surface area (TPSA) is 26.3 Å². The Hall–Kier alpha value is -0.960. The Balaban J connectivity index is 2.91. The lowest BCUT2D eigenvalue weighted by molar-refractivity contribution is 0.102. The van der Waals surface area contributed by atoms with Crippen LogP contribution in [0, 0.1) is 13.8 Å². The van der Waals surface area contributed by atoms with E-state index in [0.717, 1.165) is 22.4 Å². The summed E-state index contributed by atoms with van der Waals surface area (Å²) in [5, 5.41) is 0.480. The first-order valence-corrected chi connectivity index (χ1v) is 7.78. The zero-order chi connectivity index (χ0) is 14.6. The average molecular weight is 280 g/mol. The van der Waals surface area contributed by atoms with Gasteiger partial charge in [-0.3, -0.25) is 4.79 Å². The van der Waals surface area contributed by atoms with Gasteiger partial charge in [0.15, 0.2) is 5.78 Å². The van der Waals surface area contributed by atoms with Gasteiger partial charge < -0.3 is 4.74 Å². The molecule has 0 fully saturated rings. The molecule has 106 valence electrons. The summed E-state index contributed by atoms with van der Waals surface area (Å²) in [5.74, 6) is 1.62. The van der Waals surface area contributed by atoms with Gasteiger partial charge in [-0.1, -0.05) is 13.8 Å². The molecule has 0 aliphatic heterocycles. The predicted molar refractivity (Wildman–Crippen MR) is 83.6 cm³/mol. The number of carbonyl (C=O) groups excluding carboxylic acids is 1. The number of Topliss-reactive ketones (excluding diaryl/α,β-unsaturated/α-hetero) is 1. The van der Waals surface area contributed by atoms with Crippen LogP contribution in [-0.4, -0.2) is 22.9 Å². The van der Waals surface area contributed by atoms with Gasteiger partial charge in [0.1, 0.15) is 5.75 Å². The van der Waals surface area contributed by atoms with Crippen LogP contribution in [0.2, 0.25) is 0 Å². The highest BCUT2D eigenvalue weighted by Crippen LogP contribution is 2.25. The highest BCUT2D eigenvalue weighted by molar-refractivity contribution is 8.00. The van der Waals surface area contributed by atoms with Crippen molar-refractivity contribution < 1.29 is 9.53 Å². The smallest absolute Gasteiger partial charge is 0.173 e. The molecule has 0 amide bonds. The summed E-state index contributed by atoms with van der Waals surface area (Å²) in [5.41, 5.74) is 2.84. The number of thioether (sulfide) groups is 1. The number of hydrogen-bond acceptors (Lipinski definition) is 3. The van der Waals surface area contributed by atoms with Gasteiger partial charge in [0.2, 0.25) is 0 Å². The maximum atomic E-state index is 12.2. The molecule has 0 aliphatic rings. The molecule has 0 spiro atoms. The van der Waals surface area contributed by atoms with E-state index in [4.69, 9.17) is 4.74 Å². The fourth-order valence-electron chi connectivity index (χ4n) is 1.79. The Morgan fingerprint density at radius 2 is 1.79 bits per heavy atom. The van der Waals surface area contributed by atoms with Crippen molar-refractivity contribution in [1.29, 1.82) is 0 Å². The van der Waals surface area contributed by atoms with Crippen molar-refractivity contribution >= 4 is 17.5 Å². The van der Waals surface area contributed by atoms with Crippen molar-refractivity contribution in [3.63, 3.8) is 0 Å². The fraction of sp³-hybridized carbons (Fsp3) is 0.562. The van der Waals surface area contributed by atoms with Gasteiger partial charge in [-0.15, -0.1) is 0 Å². The number of hydrogen-bond donors (Lipinski definition) is 0. The molecule has 1 rings (SSSR count). The Morgan fingerprint density at radius 1 is 1.16 bits per heavy atom. The predicted octanol–water partition coefficient (Wildman–Crippen LogP) is 4.41. The minimum atomic E-state index is 0.149. The molecule has 0 unspecified atom stereocenters. The summed E-state index contributed by atoms with van der Waals surface area (Å²) in [6, 6.07) is 3.93. The molecule has 0 bridgehead atoms. The Labute approximate surface area is 120 Å². The minimum absolute atomic E-state index is 0.149. The molecule has 2 nitrogen and oxygen atoms in total. The number of aryl methyl sites for hydroxylation is 2. The Morgan fingerprint density at radius 3 is 2.32 bits per heavy atom. The lowest BCUT2D eigenvalue weighted by Gasteiger charge is -2.15. The molecule has 0 aliphatic carbocycles. The van der Waals surface area contributed by atoms with Crippen LogP contribution < -0.4 is 4.74 Å². The van der Waals surface area contributed by atoms with Crippen LogP contribution in [0.1, 0.15) is 49.2 Å². The van der Waals surface area contributed by atoms with E-state index in [0.29, 0.717) is 11.0 Å². The molecular formula is C16H24O2S. The van der Waals surface area contributed by atoms with Crippen molar-refractivity contribution in [3.05, 3.63) is 28.8 Å². The first kappa shape index (κ1) is 16.1. The monoisotopic (exact) mass is 280 g/mol. The summed E-state index contributed by atoms with van der Waals surface area (Å²) < 4.78 is 5.74. The van der Waals surface area contributed by atoms with Gasteiger partial charge >= 0.3 is 0 Å². The van der Waals surface area contributed by atoms with Crippen LogP contribution in [0.15, 0.2) is 12.1 Å². The minimum Gasteiger partial charge on any atom is -0.491 e. The molecule has 0 saturated heterocycles. The summed E-state index contributed by atoms with van der Waals surface area (Å²) >= 11 is 1.68. The van der Waals surface area contributed by atoms with Crippen LogP contribution in [0.5, 0.6) is 5.75 Å². The molecule has 0 heterocycles. The molecule has 3 heteroatoms. The second kappa shape index (κ2) is 6.99. The van der Waals surface area contributed by atoms with Crippen LogP contribution >= 0.6 is 11.8 Å². The quantitative estimate of drug-likeness (QED) is 0.722. The van der Waals surface area contributed by atoms with E-state index in [9.17, 15) is 4.79 Å². The molecule has 0 aromatic heterocycles. The largest absolute Gasteiger partial charge is 0.491 e. The second-order valence-electron chi connectivity index (χ2n) is 5.38. The maximum absolute atomic E-state index is 12.2. The molecule has 0 radical (unpaired) electrons. The third-order valence-corrected chi connectivity index (χ3v) is 3.83. The number of carbonyl (C=O) groups is 1. The van der Waals surface area contributed by atoms with Gasteiger partial charge in [0.05, 0.1) is 11.9 Å². The van der Waals surface area contributed by atoms with Crippen molar-refractivity contribution in [1.82, 2.24) is 0 Å². The zero-order valence-electron chi connectivity index (χ0n) is 12.7. The molecule has 0 atom stereocenters. The Kier molecular flexibility index (Phi) is 5.92. The van der Waals surface area contributed by atoms with E-state index in [2.05, 4.69) is 13.8 Å². The third-order valence-electron chi connectivity index (χ3n) is 2.73. The van der Waals surface area contributed by atoms with Gasteiger partial charge in [0.25, 0.3) is 0 Å². The van der Waals surface area contributed by atoms with Gasteiger partial charge in [0, 0.05) is 5.56 Å². The number of rotatable bonds is 6. The zero-order valence-corrected chi connectivity index (χ0v) is 13.6. The average Bonchev–Trinajstić information content (AvgIpc) is 2.29. The van der Waals surface area contributed by atoms with Crippen LogP contribution in [0.25, 0.3) is 0 Å². The summed E-state index contributed by atoms with van der Waals surface area (Å²) in [7, 11) is 0. The van der Waals surface area contributed by atoms with Crippen molar-refractivity contribution in [2.24, 2.45) is 0 Å². The normalized spacial score (nSPS) is 11.2. The van der Waals surface area contributed by atoms with E-state index >= 15 is 0 Å². The lowest BCUT2D eigenvalue weighted by Crippen LogP contribution is -2.10. The van der Waals surface area contributed by atoms with E-state index in [1.807, 2.05) is 39.8 Å². The number of ether oxygens (including phenoxy) is 1. The number of ketones is 1. The van der Waals surface area contributed by atoms with Crippen molar-refractivity contribution in [3.8, 4) is 5.75 Å². The van der Waals surface area contributed by atoms with E-state index in [1.165, 1.54) is 0 Å². The lowest BCUT2D eigenvalue weighted by atomic mass is 10.0. The molecule has 0 saturated carbocycles. The summed E-state index contributed by atoms with van der Waals surface area (Å²) in [6.45, 7) is 12.2. The van der Waals surface area contributed by atoms with Gasteiger partial charge in [-0.25, -0.2) is 0 Å². The SMILES string of the molecule is Cc1cc(C(=O)CSC(C)C)c(C)cc1OC(C)C. The maximum Gasteiger partial charge on any atom is 0.173 e. The van der Waals surface area contributed by atoms with E-state index in [-0.39, 0.29) is 11.9 Å². The third kappa shape index (κ3) is 4.90. The molecule has 1 aromatic carbocycles. The van der Waals surface area contributed by atoms with Gasteiger partial charge in [-0.05, 0) is 56.2 Å². The fourth-order valence-corrected chi connectivity index (χ4v) is 2.43. The van der Waals surface area contributed by atoms with Crippen molar-refractivity contribution in [2.75, 3.05) is 5.75 Å². The van der Waals surface area contributed by atoms with Gasteiger partial charge in [-0.2, -0.15) is 11.8 Å².